The van der Waals surface area contributed by atoms with Crippen LogP contribution >= 0.6 is 12.6 Å². The number of carbonyl (C=O) groups excluding carboxylic acids is 1. The molecule has 1 N–H and O–H groups in total. The van der Waals surface area contributed by atoms with Crippen LogP contribution in [0, 0.1) is 0 Å². The second-order valence-corrected chi connectivity index (χ2v) is 6.50. The first-order valence-electron chi connectivity index (χ1n) is 8.18. The number of rotatable bonds is 5. The van der Waals surface area contributed by atoms with E-state index < -0.39 is 5.97 Å². The molecule has 1 aliphatic heterocycles. The smallest absolute Gasteiger partial charge is 0.335 e. The van der Waals surface area contributed by atoms with Gasteiger partial charge in [-0.15, -0.1) is 12.6 Å². The van der Waals surface area contributed by atoms with Crippen LogP contribution in [0.15, 0.2) is 53.4 Å². The zero-order valence-electron chi connectivity index (χ0n) is 13.7. The van der Waals surface area contributed by atoms with E-state index in [4.69, 9.17) is 5.11 Å². The molecule has 0 aliphatic carbocycles. The van der Waals surface area contributed by atoms with Crippen molar-refractivity contribution < 1.29 is 14.7 Å². The highest BCUT2D eigenvalue weighted by Crippen LogP contribution is 2.28. The number of anilines is 1. The zero-order valence-corrected chi connectivity index (χ0v) is 14.6. The van der Waals surface area contributed by atoms with Crippen LogP contribution in [0.5, 0.6) is 0 Å². The van der Waals surface area contributed by atoms with Crippen LogP contribution in [0.25, 0.3) is 6.08 Å². The molecule has 0 aromatic heterocycles. The maximum absolute atomic E-state index is 12.2. The summed E-state index contributed by atoms with van der Waals surface area (Å²) in [6.45, 7) is 2.13. The summed E-state index contributed by atoms with van der Waals surface area (Å²) in [4.78, 5) is 26.3. The van der Waals surface area contributed by atoms with Crippen molar-refractivity contribution >= 4 is 36.1 Å². The maximum Gasteiger partial charge on any atom is 0.335 e. The molecule has 0 unspecified atom stereocenters. The molecule has 1 fully saturated rings. The standard InChI is InChI=1S/C20H19NO3S/c22-18(15-5-7-16(8-6-15)20(23)24)10-4-14-3-9-17(19(25)13-14)21-11-1-2-12-21/h3-10,13,25H,1-2,11-12H2,(H,23,24)/b10-4+. The Morgan fingerprint density at radius 3 is 2.24 bits per heavy atom. The van der Waals surface area contributed by atoms with Gasteiger partial charge in [0.25, 0.3) is 0 Å². The summed E-state index contributed by atoms with van der Waals surface area (Å²) in [6, 6.07) is 11.9. The molecule has 128 valence electrons. The van der Waals surface area contributed by atoms with E-state index in [-0.39, 0.29) is 11.3 Å². The van der Waals surface area contributed by atoms with Gasteiger partial charge in [-0.25, -0.2) is 4.79 Å². The predicted octanol–water partition coefficient (Wildman–Crippen LogP) is 4.17. The van der Waals surface area contributed by atoms with Crippen LogP contribution in [0.2, 0.25) is 0 Å². The van der Waals surface area contributed by atoms with Crippen molar-refractivity contribution in [3.63, 3.8) is 0 Å². The third-order valence-corrected chi connectivity index (χ3v) is 4.65. The third kappa shape index (κ3) is 4.12. The number of carbonyl (C=O) groups is 2. The maximum atomic E-state index is 12.2. The van der Waals surface area contributed by atoms with Gasteiger partial charge in [-0.05, 0) is 48.7 Å². The van der Waals surface area contributed by atoms with Gasteiger partial charge in [0.1, 0.15) is 0 Å². The fourth-order valence-corrected chi connectivity index (χ4v) is 3.28. The SMILES string of the molecule is O=C(O)c1ccc(C(=O)/C=C/c2ccc(N3CCCC3)c(S)c2)cc1. The fourth-order valence-electron chi connectivity index (χ4n) is 2.91. The van der Waals surface area contributed by atoms with Crippen LogP contribution in [-0.4, -0.2) is 29.9 Å². The summed E-state index contributed by atoms with van der Waals surface area (Å²) in [5.41, 5.74) is 2.66. The average molecular weight is 353 g/mol. The number of carboxylic acids is 1. The second-order valence-electron chi connectivity index (χ2n) is 6.02. The Labute approximate surface area is 152 Å². The van der Waals surface area contributed by atoms with E-state index in [1.54, 1.807) is 6.08 Å². The first-order valence-corrected chi connectivity index (χ1v) is 8.63. The Morgan fingerprint density at radius 2 is 1.64 bits per heavy atom. The van der Waals surface area contributed by atoms with Gasteiger partial charge in [0.2, 0.25) is 0 Å². The third-order valence-electron chi connectivity index (χ3n) is 4.29. The zero-order chi connectivity index (χ0) is 17.8. The monoisotopic (exact) mass is 353 g/mol. The van der Waals surface area contributed by atoms with Gasteiger partial charge in [-0.3, -0.25) is 4.79 Å². The first kappa shape index (κ1) is 17.3. The Morgan fingerprint density at radius 1 is 1.00 bits per heavy atom. The Hall–Kier alpha value is -2.53. The number of nitrogens with zero attached hydrogens (tertiary/aromatic N) is 1. The minimum Gasteiger partial charge on any atom is -0.478 e. The van der Waals surface area contributed by atoms with Crippen LogP contribution in [0.3, 0.4) is 0 Å². The van der Waals surface area contributed by atoms with Gasteiger partial charge >= 0.3 is 5.97 Å². The number of hydrogen-bond donors (Lipinski definition) is 2. The van der Waals surface area contributed by atoms with Gasteiger partial charge in [0, 0.05) is 23.5 Å². The topological polar surface area (TPSA) is 57.6 Å². The quantitative estimate of drug-likeness (QED) is 0.481. The number of hydrogen-bond acceptors (Lipinski definition) is 4. The lowest BCUT2D eigenvalue weighted by molar-refractivity contribution is 0.0696. The number of ketones is 1. The minimum atomic E-state index is -1.01. The molecule has 2 aromatic rings. The van der Waals surface area contributed by atoms with Crippen LogP contribution < -0.4 is 4.90 Å². The molecule has 0 spiro atoms. The van der Waals surface area contributed by atoms with Gasteiger partial charge in [0.05, 0.1) is 11.3 Å². The molecule has 0 saturated carbocycles. The molecule has 0 radical (unpaired) electrons. The van der Waals surface area contributed by atoms with Crippen molar-refractivity contribution in [3.05, 3.63) is 65.2 Å². The largest absolute Gasteiger partial charge is 0.478 e. The highest BCUT2D eigenvalue weighted by molar-refractivity contribution is 7.80. The van der Waals surface area contributed by atoms with E-state index in [9.17, 15) is 9.59 Å². The number of benzene rings is 2. The van der Waals surface area contributed by atoms with Crippen LogP contribution in [0.4, 0.5) is 5.69 Å². The van der Waals surface area contributed by atoms with E-state index >= 15 is 0 Å². The van der Waals surface area contributed by atoms with Crippen molar-refractivity contribution in [2.45, 2.75) is 17.7 Å². The molecule has 1 saturated heterocycles. The van der Waals surface area contributed by atoms with Gasteiger partial charge in [-0.2, -0.15) is 0 Å². The highest BCUT2D eigenvalue weighted by atomic mass is 32.1. The summed E-state index contributed by atoms with van der Waals surface area (Å²) < 4.78 is 0. The molecule has 2 aromatic carbocycles. The molecule has 4 nitrogen and oxygen atoms in total. The molecule has 0 amide bonds. The Kier molecular flexibility index (Phi) is 5.24. The van der Waals surface area contributed by atoms with Crippen molar-refractivity contribution in [3.8, 4) is 0 Å². The van der Waals surface area contributed by atoms with Gasteiger partial charge in [-0.1, -0.05) is 24.3 Å². The first-order chi connectivity index (χ1) is 12.0. The lowest BCUT2D eigenvalue weighted by Gasteiger charge is -2.19. The number of allylic oxidation sites excluding steroid dienone is 1. The number of carboxylic acid groups (broad SMARTS) is 1. The predicted molar refractivity (Wildman–Crippen MR) is 102 cm³/mol. The molecule has 0 atom stereocenters. The van der Waals surface area contributed by atoms with E-state index in [0.29, 0.717) is 5.56 Å². The van der Waals surface area contributed by atoms with Crippen molar-refractivity contribution in [1.82, 2.24) is 0 Å². The highest BCUT2D eigenvalue weighted by Gasteiger charge is 2.14. The van der Waals surface area contributed by atoms with Crippen molar-refractivity contribution in [1.29, 1.82) is 0 Å². The molecule has 3 rings (SSSR count). The molecular weight excluding hydrogens is 334 g/mol. The number of thiol groups is 1. The van der Waals surface area contributed by atoms with Gasteiger partial charge in [0.15, 0.2) is 5.78 Å². The molecule has 5 heteroatoms. The normalized spacial score (nSPS) is 14.2. The summed E-state index contributed by atoms with van der Waals surface area (Å²) in [5, 5.41) is 8.88. The Balaban J connectivity index is 1.71. The lowest BCUT2D eigenvalue weighted by atomic mass is 10.1. The van der Waals surface area contributed by atoms with E-state index in [2.05, 4.69) is 17.5 Å². The number of aromatic carboxylic acids is 1. The minimum absolute atomic E-state index is 0.165. The molecular formula is C20H19NO3S. The summed E-state index contributed by atoms with van der Waals surface area (Å²) in [6.07, 6.45) is 5.67. The van der Waals surface area contributed by atoms with E-state index in [1.807, 2.05) is 18.2 Å². The van der Waals surface area contributed by atoms with Crippen LogP contribution in [0.1, 0.15) is 39.1 Å². The molecule has 1 heterocycles. The summed E-state index contributed by atoms with van der Waals surface area (Å²) in [7, 11) is 0. The van der Waals surface area contributed by atoms with E-state index in [1.165, 1.54) is 43.2 Å². The molecule has 1 aliphatic rings. The van der Waals surface area contributed by atoms with E-state index in [0.717, 1.165) is 29.2 Å². The fraction of sp³-hybridized carbons (Fsp3) is 0.200. The molecule has 0 bridgehead atoms. The average Bonchev–Trinajstić information content (AvgIpc) is 3.14. The lowest BCUT2D eigenvalue weighted by Crippen LogP contribution is -2.18. The van der Waals surface area contributed by atoms with Crippen LogP contribution in [-0.2, 0) is 0 Å². The van der Waals surface area contributed by atoms with Crippen molar-refractivity contribution in [2.24, 2.45) is 0 Å². The molecule has 25 heavy (non-hydrogen) atoms. The Bertz CT molecular complexity index is 821. The summed E-state index contributed by atoms with van der Waals surface area (Å²) >= 11 is 4.57. The van der Waals surface area contributed by atoms with Gasteiger partial charge < -0.3 is 10.0 Å². The second kappa shape index (κ2) is 7.57. The van der Waals surface area contributed by atoms with Crippen molar-refractivity contribution in [2.75, 3.05) is 18.0 Å². The summed E-state index contributed by atoms with van der Waals surface area (Å²) in [5.74, 6) is -1.17.